The van der Waals surface area contributed by atoms with Gasteiger partial charge in [-0.2, -0.15) is 4.31 Å². The molecule has 126 valence electrons. The van der Waals surface area contributed by atoms with Crippen molar-refractivity contribution in [2.45, 2.75) is 49.3 Å². The fraction of sp³-hybridized carbons (Fsp3) is 0.571. The lowest BCUT2D eigenvalue weighted by atomic mass is 10.3. The Bertz CT molecular complexity index is 659. The molecule has 0 heterocycles. The molecule has 22 heavy (non-hydrogen) atoms. The van der Waals surface area contributed by atoms with E-state index in [9.17, 15) is 16.8 Å². The van der Waals surface area contributed by atoms with Gasteiger partial charge < -0.3 is 0 Å². The lowest BCUT2D eigenvalue weighted by Gasteiger charge is -2.22. The highest BCUT2D eigenvalue weighted by atomic mass is 32.2. The van der Waals surface area contributed by atoms with Crippen molar-refractivity contribution in [2.24, 2.45) is 5.14 Å². The maximum Gasteiger partial charge on any atom is 0.243 e. The predicted molar refractivity (Wildman–Crippen MR) is 86.4 cm³/mol. The van der Waals surface area contributed by atoms with Crippen LogP contribution >= 0.6 is 0 Å². The summed E-state index contributed by atoms with van der Waals surface area (Å²) in [5.41, 5.74) is 0. The SMILES string of the molecule is CCCCN(CCCC)S(=O)(=O)c1ccc(S(N)(=O)=O)cc1. The Morgan fingerprint density at radius 1 is 0.864 bits per heavy atom. The summed E-state index contributed by atoms with van der Waals surface area (Å²) in [5.74, 6) is 0. The summed E-state index contributed by atoms with van der Waals surface area (Å²) in [4.78, 5) is -0.00720. The zero-order chi connectivity index (χ0) is 16.8. The van der Waals surface area contributed by atoms with Crippen molar-refractivity contribution in [3.63, 3.8) is 0 Å². The Balaban J connectivity index is 3.07. The smallest absolute Gasteiger partial charge is 0.225 e. The van der Waals surface area contributed by atoms with Gasteiger partial charge in [0, 0.05) is 13.1 Å². The first-order valence-corrected chi connectivity index (χ1v) is 10.3. The topological polar surface area (TPSA) is 97.5 Å². The van der Waals surface area contributed by atoms with E-state index < -0.39 is 20.0 Å². The normalized spacial score (nSPS) is 12.7. The molecule has 0 aliphatic carbocycles. The first-order valence-electron chi connectivity index (χ1n) is 7.36. The molecule has 0 fully saturated rings. The quantitative estimate of drug-likeness (QED) is 0.737. The molecule has 2 N–H and O–H groups in total. The largest absolute Gasteiger partial charge is 0.243 e. The van der Waals surface area contributed by atoms with Crippen molar-refractivity contribution in [3.8, 4) is 0 Å². The van der Waals surface area contributed by atoms with Gasteiger partial charge in [-0.3, -0.25) is 0 Å². The van der Waals surface area contributed by atoms with Crippen molar-refractivity contribution in [1.29, 1.82) is 0 Å². The van der Waals surface area contributed by atoms with Crippen LogP contribution in [0.15, 0.2) is 34.1 Å². The van der Waals surface area contributed by atoms with Gasteiger partial charge in [-0.15, -0.1) is 0 Å². The highest BCUT2D eigenvalue weighted by molar-refractivity contribution is 7.89. The zero-order valence-corrected chi connectivity index (χ0v) is 14.7. The number of hydrogen-bond donors (Lipinski definition) is 1. The van der Waals surface area contributed by atoms with Crippen LogP contribution in [0, 0.1) is 0 Å². The van der Waals surface area contributed by atoms with Crippen LogP contribution in [-0.4, -0.2) is 34.2 Å². The number of hydrogen-bond acceptors (Lipinski definition) is 4. The minimum atomic E-state index is -3.82. The van der Waals surface area contributed by atoms with Crippen molar-refractivity contribution in [1.82, 2.24) is 4.31 Å². The predicted octanol–water partition coefficient (Wildman–Crippen LogP) is 1.92. The molecule has 0 radical (unpaired) electrons. The Hall–Kier alpha value is -0.960. The third kappa shape index (κ3) is 5.05. The molecule has 6 nitrogen and oxygen atoms in total. The van der Waals surface area contributed by atoms with E-state index >= 15 is 0 Å². The molecule has 1 aromatic rings. The molecule has 0 spiro atoms. The van der Waals surface area contributed by atoms with Crippen LogP contribution in [0.1, 0.15) is 39.5 Å². The number of primary sulfonamides is 1. The Morgan fingerprint density at radius 3 is 1.64 bits per heavy atom. The molecule has 1 rings (SSSR count). The van der Waals surface area contributed by atoms with Gasteiger partial charge in [-0.1, -0.05) is 26.7 Å². The van der Waals surface area contributed by atoms with Crippen LogP contribution < -0.4 is 5.14 Å². The summed E-state index contributed by atoms with van der Waals surface area (Å²) in [6.45, 7) is 4.95. The van der Waals surface area contributed by atoms with Gasteiger partial charge in [0.1, 0.15) is 0 Å². The van der Waals surface area contributed by atoms with E-state index in [2.05, 4.69) is 0 Å². The first-order chi connectivity index (χ1) is 10.2. The van der Waals surface area contributed by atoms with Gasteiger partial charge >= 0.3 is 0 Å². The maximum atomic E-state index is 12.7. The number of unbranched alkanes of at least 4 members (excludes halogenated alkanes) is 2. The van der Waals surface area contributed by atoms with Crippen LogP contribution in [0.25, 0.3) is 0 Å². The second-order valence-electron chi connectivity index (χ2n) is 5.13. The molecule has 8 heteroatoms. The van der Waals surface area contributed by atoms with Gasteiger partial charge in [0.15, 0.2) is 0 Å². The summed E-state index contributed by atoms with van der Waals surface area (Å²) >= 11 is 0. The molecule has 0 aliphatic heterocycles. The lowest BCUT2D eigenvalue weighted by molar-refractivity contribution is 0.395. The Labute approximate surface area is 133 Å². The average Bonchev–Trinajstić information content (AvgIpc) is 2.46. The van der Waals surface area contributed by atoms with Crippen LogP contribution in [-0.2, 0) is 20.0 Å². The molecule has 0 bridgehead atoms. The Kier molecular flexibility index (Phi) is 6.98. The van der Waals surface area contributed by atoms with E-state index in [0.717, 1.165) is 25.7 Å². The minimum absolute atomic E-state index is 0.0899. The van der Waals surface area contributed by atoms with E-state index in [0.29, 0.717) is 13.1 Å². The summed E-state index contributed by atoms with van der Waals surface area (Å²) in [6.07, 6.45) is 3.39. The van der Waals surface area contributed by atoms with E-state index in [1.54, 1.807) is 0 Å². The van der Waals surface area contributed by atoms with E-state index in [1.165, 1.54) is 28.6 Å². The lowest BCUT2D eigenvalue weighted by Crippen LogP contribution is -2.33. The minimum Gasteiger partial charge on any atom is -0.225 e. The second kappa shape index (κ2) is 8.05. The van der Waals surface area contributed by atoms with E-state index in [-0.39, 0.29) is 9.79 Å². The van der Waals surface area contributed by atoms with Crippen molar-refractivity contribution < 1.29 is 16.8 Å². The maximum absolute atomic E-state index is 12.7. The molecular formula is C14H24N2O4S2. The molecule has 0 aromatic heterocycles. The number of sulfonamides is 2. The highest BCUT2D eigenvalue weighted by Gasteiger charge is 2.23. The third-order valence-corrected chi connectivity index (χ3v) is 6.15. The molecule has 0 atom stereocenters. The highest BCUT2D eigenvalue weighted by Crippen LogP contribution is 2.19. The van der Waals surface area contributed by atoms with Crippen LogP contribution in [0.5, 0.6) is 0 Å². The third-order valence-electron chi connectivity index (χ3n) is 3.31. The van der Waals surface area contributed by atoms with Crippen molar-refractivity contribution >= 4 is 20.0 Å². The average molecular weight is 348 g/mol. The Morgan fingerprint density at radius 2 is 1.27 bits per heavy atom. The van der Waals surface area contributed by atoms with Gasteiger partial charge in [-0.05, 0) is 37.1 Å². The molecule has 0 amide bonds. The first kappa shape index (κ1) is 19.1. The van der Waals surface area contributed by atoms with Crippen LogP contribution in [0.2, 0.25) is 0 Å². The van der Waals surface area contributed by atoms with Crippen LogP contribution in [0.4, 0.5) is 0 Å². The fourth-order valence-electron chi connectivity index (χ4n) is 1.97. The number of nitrogens with zero attached hydrogens (tertiary/aromatic N) is 1. The molecule has 0 saturated heterocycles. The fourth-order valence-corrected chi connectivity index (χ4v) is 4.00. The number of rotatable bonds is 9. The van der Waals surface area contributed by atoms with Crippen molar-refractivity contribution in [3.05, 3.63) is 24.3 Å². The van der Waals surface area contributed by atoms with Gasteiger partial charge in [-0.25, -0.2) is 22.0 Å². The van der Waals surface area contributed by atoms with E-state index in [1.807, 2.05) is 13.8 Å². The van der Waals surface area contributed by atoms with Crippen molar-refractivity contribution in [2.75, 3.05) is 13.1 Å². The summed E-state index contributed by atoms with van der Waals surface area (Å²) in [5, 5.41) is 5.02. The molecule has 0 saturated carbocycles. The van der Waals surface area contributed by atoms with Gasteiger partial charge in [0.25, 0.3) is 0 Å². The number of benzene rings is 1. The molecule has 0 aliphatic rings. The summed E-state index contributed by atoms with van der Waals surface area (Å²) in [7, 11) is -7.43. The van der Waals surface area contributed by atoms with Gasteiger partial charge in [0.2, 0.25) is 20.0 Å². The number of nitrogens with two attached hydrogens (primary N) is 1. The molecule has 1 aromatic carbocycles. The van der Waals surface area contributed by atoms with E-state index in [4.69, 9.17) is 5.14 Å². The second-order valence-corrected chi connectivity index (χ2v) is 8.63. The monoisotopic (exact) mass is 348 g/mol. The molecule has 0 unspecified atom stereocenters. The molecular weight excluding hydrogens is 324 g/mol. The van der Waals surface area contributed by atoms with Crippen LogP contribution in [0.3, 0.4) is 0 Å². The standard InChI is InChI=1S/C14H24N2O4S2/c1-3-5-11-16(12-6-4-2)22(19,20)14-9-7-13(8-10-14)21(15,17)18/h7-10H,3-6,11-12H2,1-2H3,(H2,15,17,18). The summed E-state index contributed by atoms with van der Waals surface area (Å²) < 4.78 is 49.2. The summed E-state index contributed by atoms with van der Waals surface area (Å²) in [6, 6.07) is 5.03. The zero-order valence-electron chi connectivity index (χ0n) is 13.0. The van der Waals surface area contributed by atoms with Gasteiger partial charge in [0.05, 0.1) is 9.79 Å².